The van der Waals surface area contributed by atoms with Gasteiger partial charge >= 0.3 is 0 Å². The van der Waals surface area contributed by atoms with Crippen LogP contribution < -0.4 is 4.74 Å². The van der Waals surface area contributed by atoms with Crippen LogP contribution in [0.4, 0.5) is 0 Å². The van der Waals surface area contributed by atoms with Crippen LogP contribution in [0.5, 0.6) is 5.75 Å². The van der Waals surface area contributed by atoms with E-state index >= 15 is 0 Å². The fraction of sp³-hybridized carbons (Fsp3) is 0.250. The number of aliphatic hydroxyl groups excluding tert-OH is 2. The zero-order chi connectivity index (χ0) is 14.5. The van der Waals surface area contributed by atoms with Crippen molar-refractivity contribution in [1.29, 1.82) is 0 Å². The summed E-state index contributed by atoms with van der Waals surface area (Å²) in [4.78, 5) is 0. The fourth-order valence-corrected chi connectivity index (χ4v) is 2.68. The molecule has 4 heteroatoms. The van der Waals surface area contributed by atoms with Crippen molar-refractivity contribution >= 4 is 15.9 Å². The minimum Gasteiger partial charge on any atom is -0.490 e. The summed E-state index contributed by atoms with van der Waals surface area (Å²) in [7, 11) is 0. The molecule has 2 aromatic rings. The van der Waals surface area contributed by atoms with Gasteiger partial charge in [0.25, 0.3) is 0 Å². The van der Waals surface area contributed by atoms with Gasteiger partial charge in [0.1, 0.15) is 18.5 Å². The van der Waals surface area contributed by atoms with Crippen molar-refractivity contribution in [2.45, 2.75) is 19.6 Å². The second-order valence-corrected chi connectivity index (χ2v) is 5.52. The fourth-order valence-electron chi connectivity index (χ4n) is 2.06. The summed E-state index contributed by atoms with van der Waals surface area (Å²) in [5, 5.41) is 19.5. The third kappa shape index (κ3) is 3.60. The molecule has 1 unspecified atom stereocenters. The second-order valence-electron chi connectivity index (χ2n) is 4.61. The average Bonchev–Trinajstić information content (AvgIpc) is 2.46. The Balaban J connectivity index is 2.11. The summed E-state index contributed by atoms with van der Waals surface area (Å²) >= 11 is 3.39. The zero-order valence-corrected chi connectivity index (χ0v) is 12.8. The molecule has 0 aliphatic carbocycles. The molecule has 106 valence electrons. The highest BCUT2D eigenvalue weighted by molar-refractivity contribution is 9.10. The number of hydrogen-bond acceptors (Lipinski definition) is 3. The van der Waals surface area contributed by atoms with Crippen molar-refractivity contribution in [2.24, 2.45) is 0 Å². The standard InChI is InChI=1S/C16H17BrO3/c1-11-7-14(17)8-13(9-18)16(11)20-10-15(19)12-5-3-2-4-6-12/h2-8,15,18-19H,9-10H2,1H3. The Bertz CT molecular complexity index is 569. The molecule has 0 fully saturated rings. The lowest BCUT2D eigenvalue weighted by Gasteiger charge is -2.17. The smallest absolute Gasteiger partial charge is 0.127 e. The van der Waals surface area contributed by atoms with Crippen molar-refractivity contribution in [3.8, 4) is 5.75 Å². The quantitative estimate of drug-likeness (QED) is 0.880. The summed E-state index contributed by atoms with van der Waals surface area (Å²) < 4.78 is 6.60. The normalized spacial score (nSPS) is 12.2. The van der Waals surface area contributed by atoms with E-state index in [9.17, 15) is 10.2 Å². The molecule has 0 saturated heterocycles. The van der Waals surface area contributed by atoms with Crippen LogP contribution in [0.1, 0.15) is 22.8 Å². The predicted octanol–water partition coefficient (Wildman–Crippen LogP) is 3.36. The van der Waals surface area contributed by atoms with Crippen LogP contribution in [0.2, 0.25) is 0 Å². The first-order valence-corrected chi connectivity index (χ1v) is 7.17. The van der Waals surface area contributed by atoms with E-state index in [1.54, 1.807) is 0 Å². The van der Waals surface area contributed by atoms with Gasteiger partial charge in [-0.25, -0.2) is 0 Å². The van der Waals surface area contributed by atoms with Gasteiger partial charge in [0.2, 0.25) is 0 Å². The molecule has 0 amide bonds. The van der Waals surface area contributed by atoms with Crippen LogP contribution in [0, 0.1) is 6.92 Å². The number of halogens is 1. The Morgan fingerprint density at radius 3 is 2.55 bits per heavy atom. The van der Waals surface area contributed by atoms with E-state index in [0.29, 0.717) is 11.3 Å². The summed E-state index contributed by atoms with van der Waals surface area (Å²) in [5.41, 5.74) is 2.44. The number of aliphatic hydroxyl groups is 2. The maximum atomic E-state index is 10.1. The van der Waals surface area contributed by atoms with Gasteiger partial charge in [0.15, 0.2) is 0 Å². The molecule has 0 heterocycles. The lowest BCUT2D eigenvalue weighted by atomic mass is 10.1. The maximum Gasteiger partial charge on any atom is 0.127 e. The maximum absolute atomic E-state index is 10.1. The minimum atomic E-state index is -0.689. The van der Waals surface area contributed by atoms with Crippen LogP contribution >= 0.6 is 15.9 Å². The van der Waals surface area contributed by atoms with E-state index in [-0.39, 0.29) is 13.2 Å². The number of rotatable bonds is 5. The Hall–Kier alpha value is -1.36. The molecule has 20 heavy (non-hydrogen) atoms. The van der Waals surface area contributed by atoms with E-state index < -0.39 is 6.10 Å². The summed E-state index contributed by atoms with van der Waals surface area (Å²) in [5.74, 6) is 0.630. The Morgan fingerprint density at radius 2 is 1.90 bits per heavy atom. The molecular formula is C16H17BrO3. The largest absolute Gasteiger partial charge is 0.490 e. The molecule has 0 aliphatic heterocycles. The zero-order valence-electron chi connectivity index (χ0n) is 11.2. The highest BCUT2D eigenvalue weighted by Crippen LogP contribution is 2.29. The third-order valence-corrected chi connectivity index (χ3v) is 3.51. The monoisotopic (exact) mass is 336 g/mol. The van der Waals surface area contributed by atoms with Gasteiger partial charge in [-0.05, 0) is 30.2 Å². The van der Waals surface area contributed by atoms with Crippen LogP contribution in [0.25, 0.3) is 0 Å². The van der Waals surface area contributed by atoms with Gasteiger partial charge in [-0.15, -0.1) is 0 Å². The second kappa shape index (κ2) is 6.88. The van der Waals surface area contributed by atoms with E-state index in [4.69, 9.17) is 4.74 Å². The van der Waals surface area contributed by atoms with Gasteiger partial charge in [-0.2, -0.15) is 0 Å². The Kier molecular flexibility index (Phi) is 5.17. The molecule has 0 saturated carbocycles. The summed E-state index contributed by atoms with van der Waals surface area (Å²) in [6.45, 7) is 1.96. The Labute approximate surface area is 127 Å². The van der Waals surface area contributed by atoms with Crippen molar-refractivity contribution < 1.29 is 14.9 Å². The third-order valence-electron chi connectivity index (χ3n) is 3.06. The highest BCUT2D eigenvalue weighted by Gasteiger charge is 2.12. The molecule has 2 rings (SSSR count). The van der Waals surface area contributed by atoms with E-state index in [0.717, 1.165) is 15.6 Å². The van der Waals surface area contributed by atoms with Gasteiger partial charge in [-0.3, -0.25) is 0 Å². The van der Waals surface area contributed by atoms with Crippen LogP contribution in [0.3, 0.4) is 0 Å². The van der Waals surface area contributed by atoms with Gasteiger partial charge < -0.3 is 14.9 Å². The van der Waals surface area contributed by atoms with Gasteiger partial charge in [-0.1, -0.05) is 46.3 Å². The predicted molar refractivity (Wildman–Crippen MR) is 81.7 cm³/mol. The molecule has 0 aromatic heterocycles. The molecule has 2 N–H and O–H groups in total. The Morgan fingerprint density at radius 1 is 1.20 bits per heavy atom. The summed E-state index contributed by atoms with van der Waals surface area (Å²) in [6, 6.07) is 13.1. The number of benzene rings is 2. The van der Waals surface area contributed by atoms with E-state index in [1.165, 1.54) is 0 Å². The molecule has 3 nitrogen and oxygen atoms in total. The number of ether oxygens (including phenoxy) is 1. The van der Waals surface area contributed by atoms with Crippen molar-refractivity contribution in [3.63, 3.8) is 0 Å². The van der Waals surface area contributed by atoms with Crippen molar-refractivity contribution in [1.82, 2.24) is 0 Å². The first-order valence-electron chi connectivity index (χ1n) is 6.37. The molecule has 0 radical (unpaired) electrons. The molecule has 1 atom stereocenters. The lowest BCUT2D eigenvalue weighted by molar-refractivity contribution is 0.106. The van der Waals surface area contributed by atoms with E-state index in [1.807, 2.05) is 49.4 Å². The van der Waals surface area contributed by atoms with Crippen molar-refractivity contribution in [2.75, 3.05) is 6.61 Å². The van der Waals surface area contributed by atoms with Crippen LogP contribution in [0.15, 0.2) is 46.9 Å². The lowest BCUT2D eigenvalue weighted by Crippen LogP contribution is -2.11. The molecular weight excluding hydrogens is 320 g/mol. The SMILES string of the molecule is Cc1cc(Br)cc(CO)c1OCC(O)c1ccccc1. The molecule has 0 bridgehead atoms. The van der Waals surface area contributed by atoms with Gasteiger partial charge in [0.05, 0.1) is 6.61 Å². The number of hydrogen-bond donors (Lipinski definition) is 2. The number of aryl methyl sites for hydroxylation is 1. The average molecular weight is 337 g/mol. The highest BCUT2D eigenvalue weighted by atomic mass is 79.9. The van der Waals surface area contributed by atoms with Crippen LogP contribution in [-0.4, -0.2) is 16.8 Å². The van der Waals surface area contributed by atoms with Crippen LogP contribution in [-0.2, 0) is 6.61 Å². The summed E-state index contributed by atoms with van der Waals surface area (Å²) in [6.07, 6.45) is -0.689. The van der Waals surface area contributed by atoms with E-state index in [2.05, 4.69) is 15.9 Å². The molecule has 0 aliphatic rings. The minimum absolute atomic E-state index is 0.100. The molecule has 2 aromatic carbocycles. The topological polar surface area (TPSA) is 49.7 Å². The van der Waals surface area contributed by atoms with Gasteiger partial charge in [0, 0.05) is 10.0 Å². The first kappa shape index (κ1) is 15.0. The first-order chi connectivity index (χ1) is 9.61. The van der Waals surface area contributed by atoms with Crippen molar-refractivity contribution in [3.05, 3.63) is 63.6 Å². The molecule has 0 spiro atoms.